The molecule has 2 heterocycles. The van der Waals surface area contributed by atoms with Gasteiger partial charge in [-0.3, -0.25) is 9.59 Å². The molecule has 27 heavy (non-hydrogen) atoms. The van der Waals surface area contributed by atoms with E-state index in [1.807, 2.05) is 18.2 Å². The Hall–Kier alpha value is -3.88. The van der Waals surface area contributed by atoms with Crippen LogP contribution in [0.1, 0.15) is 5.82 Å². The maximum atomic E-state index is 12.3. The van der Waals surface area contributed by atoms with Gasteiger partial charge in [0.05, 0.1) is 10.9 Å². The molecule has 0 saturated heterocycles. The third kappa shape index (κ3) is 3.30. The van der Waals surface area contributed by atoms with Crippen LogP contribution in [0.3, 0.4) is 0 Å². The first-order chi connectivity index (χ1) is 13.1. The van der Waals surface area contributed by atoms with Gasteiger partial charge in [0.2, 0.25) is 0 Å². The standard InChI is InChI=1S/C18H14N6O3/c19-17-11-5-1-3-7-13(11)20-15(21-17)10-27-16(25)9-24-18(26)12-6-2-4-8-14(12)22-23-24/h1-8H,9-10H2,(H2,19,20,21). The van der Waals surface area contributed by atoms with Gasteiger partial charge in [-0.05, 0) is 24.3 Å². The van der Waals surface area contributed by atoms with E-state index in [1.54, 1.807) is 30.3 Å². The molecule has 0 saturated carbocycles. The summed E-state index contributed by atoms with van der Waals surface area (Å²) >= 11 is 0. The van der Waals surface area contributed by atoms with Crippen molar-refractivity contribution in [3.63, 3.8) is 0 Å². The predicted molar refractivity (Wildman–Crippen MR) is 97.5 cm³/mol. The third-order valence-corrected chi connectivity index (χ3v) is 3.95. The van der Waals surface area contributed by atoms with Gasteiger partial charge < -0.3 is 10.5 Å². The molecule has 0 aliphatic carbocycles. The average molecular weight is 362 g/mol. The van der Waals surface area contributed by atoms with Crippen molar-refractivity contribution in [1.82, 2.24) is 25.0 Å². The highest BCUT2D eigenvalue weighted by Gasteiger charge is 2.12. The lowest BCUT2D eigenvalue weighted by Gasteiger charge is -2.07. The molecule has 2 aromatic heterocycles. The van der Waals surface area contributed by atoms with E-state index in [4.69, 9.17) is 10.5 Å². The number of nitrogens with zero attached hydrogens (tertiary/aromatic N) is 5. The van der Waals surface area contributed by atoms with Crippen LogP contribution in [-0.4, -0.2) is 30.9 Å². The van der Waals surface area contributed by atoms with Crippen molar-refractivity contribution in [2.24, 2.45) is 0 Å². The number of nitrogen functional groups attached to an aromatic ring is 1. The summed E-state index contributed by atoms with van der Waals surface area (Å²) in [5.74, 6) is -0.0724. The van der Waals surface area contributed by atoms with Gasteiger partial charge in [0, 0.05) is 5.39 Å². The molecular formula is C18H14N6O3. The van der Waals surface area contributed by atoms with Crippen LogP contribution in [0, 0.1) is 0 Å². The number of hydrogen-bond acceptors (Lipinski definition) is 8. The molecule has 0 atom stereocenters. The SMILES string of the molecule is Nc1nc(COC(=O)Cn2nnc3ccccc3c2=O)nc2ccccc12. The van der Waals surface area contributed by atoms with E-state index in [2.05, 4.69) is 20.3 Å². The van der Waals surface area contributed by atoms with Crippen LogP contribution in [0.15, 0.2) is 53.3 Å². The van der Waals surface area contributed by atoms with E-state index < -0.39 is 11.5 Å². The number of hydrogen-bond donors (Lipinski definition) is 1. The summed E-state index contributed by atoms with van der Waals surface area (Å²) in [4.78, 5) is 32.9. The van der Waals surface area contributed by atoms with Gasteiger partial charge >= 0.3 is 5.97 Å². The fourth-order valence-corrected chi connectivity index (χ4v) is 2.66. The summed E-state index contributed by atoms with van der Waals surface area (Å²) in [6.07, 6.45) is 0. The Balaban J connectivity index is 1.49. The van der Waals surface area contributed by atoms with Gasteiger partial charge in [-0.25, -0.2) is 9.97 Å². The second-order valence-electron chi connectivity index (χ2n) is 5.77. The Kier molecular flexibility index (Phi) is 4.17. The fraction of sp³-hybridized carbons (Fsp3) is 0.111. The number of nitrogens with two attached hydrogens (primary N) is 1. The summed E-state index contributed by atoms with van der Waals surface area (Å²) in [5, 5.41) is 8.79. The first kappa shape index (κ1) is 16.6. The van der Waals surface area contributed by atoms with Crippen LogP contribution in [0.5, 0.6) is 0 Å². The molecule has 0 radical (unpaired) electrons. The third-order valence-electron chi connectivity index (χ3n) is 3.95. The second kappa shape index (κ2) is 6.79. The minimum atomic E-state index is -0.656. The van der Waals surface area contributed by atoms with Crippen molar-refractivity contribution in [3.8, 4) is 0 Å². The lowest BCUT2D eigenvalue weighted by molar-refractivity contribution is -0.146. The van der Waals surface area contributed by atoms with Crippen LogP contribution in [-0.2, 0) is 22.7 Å². The van der Waals surface area contributed by atoms with Crippen molar-refractivity contribution in [2.45, 2.75) is 13.2 Å². The highest BCUT2D eigenvalue weighted by atomic mass is 16.5. The van der Waals surface area contributed by atoms with Crippen LogP contribution in [0.2, 0.25) is 0 Å². The first-order valence-electron chi connectivity index (χ1n) is 8.11. The minimum absolute atomic E-state index is 0.163. The van der Waals surface area contributed by atoms with E-state index in [-0.39, 0.29) is 19.0 Å². The zero-order chi connectivity index (χ0) is 18.8. The summed E-state index contributed by atoms with van der Waals surface area (Å²) in [6.45, 7) is -0.524. The molecule has 0 bridgehead atoms. The van der Waals surface area contributed by atoms with Gasteiger partial charge in [0.15, 0.2) is 12.4 Å². The van der Waals surface area contributed by atoms with Crippen molar-refractivity contribution in [3.05, 3.63) is 64.7 Å². The Morgan fingerprint density at radius 3 is 2.52 bits per heavy atom. The Morgan fingerprint density at radius 1 is 1.00 bits per heavy atom. The number of rotatable bonds is 4. The van der Waals surface area contributed by atoms with Crippen LogP contribution >= 0.6 is 0 Å². The minimum Gasteiger partial charge on any atom is -0.456 e. The highest BCUT2D eigenvalue weighted by Crippen LogP contribution is 2.17. The number of carbonyl (C=O) groups excluding carboxylic acids is 1. The van der Waals surface area contributed by atoms with Crippen LogP contribution in [0.25, 0.3) is 21.8 Å². The maximum Gasteiger partial charge on any atom is 0.328 e. The number of aromatic nitrogens is 5. The molecule has 0 fully saturated rings. The molecule has 0 aliphatic heterocycles. The molecule has 0 unspecified atom stereocenters. The number of benzene rings is 2. The van der Waals surface area contributed by atoms with Crippen molar-refractivity contribution < 1.29 is 9.53 Å². The lowest BCUT2D eigenvalue weighted by Crippen LogP contribution is -2.28. The van der Waals surface area contributed by atoms with Crippen molar-refractivity contribution >= 4 is 33.6 Å². The van der Waals surface area contributed by atoms with E-state index in [1.165, 1.54) is 0 Å². The maximum absolute atomic E-state index is 12.3. The summed E-state index contributed by atoms with van der Waals surface area (Å²) in [7, 11) is 0. The molecule has 2 aromatic carbocycles. The van der Waals surface area contributed by atoms with E-state index in [9.17, 15) is 9.59 Å². The number of carbonyl (C=O) groups is 1. The smallest absolute Gasteiger partial charge is 0.328 e. The Labute approximate surface area is 152 Å². The first-order valence-corrected chi connectivity index (χ1v) is 8.11. The molecule has 9 nitrogen and oxygen atoms in total. The molecule has 9 heteroatoms. The average Bonchev–Trinajstić information content (AvgIpc) is 2.69. The van der Waals surface area contributed by atoms with Gasteiger partial charge in [-0.1, -0.05) is 29.5 Å². The molecule has 134 valence electrons. The Bertz CT molecular complexity index is 1220. The summed E-state index contributed by atoms with van der Waals surface area (Å²) in [5.41, 5.74) is 6.62. The number of fused-ring (bicyclic) bond motifs is 2. The zero-order valence-electron chi connectivity index (χ0n) is 14.1. The predicted octanol–water partition coefficient (Wildman–Crippen LogP) is 1.06. The van der Waals surface area contributed by atoms with E-state index in [0.717, 1.165) is 10.1 Å². The number of anilines is 1. The molecule has 4 aromatic rings. The van der Waals surface area contributed by atoms with Gasteiger partial charge in [-0.15, -0.1) is 5.10 Å². The monoisotopic (exact) mass is 362 g/mol. The second-order valence-corrected chi connectivity index (χ2v) is 5.77. The molecule has 4 rings (SSSR count). The molecular weight excluding hydrogens is 348 g/mol. The van der Waals surface area contributed by atoms with Gasteiger partial charge in [0.25, 0.3) is 5.56 Å². The normalized spacial score (nSPS) is 11.0. The van der Waals surface area contributed by atoms with Gasteiger partial charge in [0.1, 0.15) is 17.9 Å². The fourth-order valence-electron chi connectivity index (χ4n) is 2.66. The zero-order valence-corrected chi connectivity index (χ0v) is 14.1. The van der Waals surface area contributed by atoms with Crippen LogP contribution < -0.4 is 11.3 Å². The van der Waals surface area contributed by atoms with Gasteiger partial charge in [-0.2, -0.15) is 4.68 Å². The largest absolute Gasteiger partial charge is 0.456 e. The topological polar surface area (TPSA) is 126 Å². The Morgan fingerprint density at radius 2 is 1.70 bits per heavy atom. The summed E-state index contributed by atoms with van der Waals surface area (Å²) in [6, 6.07) is 14.0. The molecule has 0 aliphatic rings. The number of para-hydroxylation sites is 1. The quantitative estimate of drug-likeness (QED) is 0.534. The van der Waals surface area contributed by atoms with Crippen molar-refractivity contribution in [1.29, 1.82) is 0 Å². The molecule has 2 N–H and O–H groups in total. The lowest BCUT2D eigenvalue weighted by atomic mass is 10.2. The van der Waals surface area contributed by atoms with E-state index >= 15 is 0 Å². The molecule has 0 spiro atoms. The molecule has 0 amide bonds. The van der Waals surface area contributed by atoms with Crippen LogP contribution in [0.4, 0.5) is 5.82 Å². The van der Waals surface area contributed by atoms with Crippen molar-refractivity contribution in [2.75, 3.05) is 5.73 Å². The highest BCUT2D eigenvalue weighted by molar-refractivity contribution is 5.87. The summed E-state index contributed by atoms with van der Waals surface area (Å²) < 4.78 is 6.11. The number of esters is 1. The van der Waals surface area contributed by atoms with E-state index in [0.29, 0.717) is 22.2 Å². The number of ether oxygens (including phenoxy) is 1.